The Morgan fingerprint density at radius 3 is 2.55 bits per heavy atom. The molecule has 0 aliphatic rings. The van der Waals surface area contributed by atoms with Crippen molar-refractivity contribution in [1.82, 2.24) is 10.3 Å². The van der Waals surface area contributed by atoms with Gasteiger partial charge in [-0.2, -0.15) is 13.2 Å². The number of methoxy groups -OCH3 is 1. The molecule has 3 rings (SSSR count). The van der Waals surface area contributed by atoms with Crippen LogP contribution in [0.2, 0.25) is 0 Å². The lowest BCUT2D eigenvalue weighted by atomic mass is 10.1. The molecule has 0 spiro atoms. The molecule has 1 amide bonds. The number of amides is 1. The maximum absolute atomic E-state index is 13.0. The normalized spacial score (nSPS) is 11.4. The molecule has 0 aliphatic carbocycles. The van der Waals surface area contributed by atoms with Crippen LogP contribution in [0.5, 0.6) is 5.75 Å². The highest BCUT2D eigenvalue weighted by Crippen LogP contribution is 2.38. The molecule has 0 saturated carbocycles. The first-order chi connectivity index (χ1) is 13.7. The van der Waals surface area contributed by atoms with Gasteiger partial charge in [-0.1, -0.05) is 12.1 Å². The fraction of sp³-hybridized carbons (Fsp3) is 0.222. The Kier molecular flexibility index (Phi) is 5.69. The minimum absolute atomic E-state index is 0.0178. The Morgan fingerprint density at radius 2 is 1.97 bits per heavy atom. The van der Waals surface area contributed by atoms with E-state index < -0.39 is 28.3 Å². The minimum Gasteiger partial charge on any atom is -0.497 e. The van der Waals surface area contributed by atoms with Crippen molar-refractivity contribution < 1.29 is 32.8 Å². The Labute approximate surface area is 166 Å². The number of hydrogen-bond donors (Lipinski definition) is 2. The topological polar surface area (TPSA) is 91.5 Å². The molecule has 152 valence electrons. The van der Waals surface area contributed by atoms with E-state index in [2.05, 4.69) is 10.3 Å². The summed E-state index contributed by atoms with van der Waals surface area (Å²) in [6.07, 6.45) is -4.21. The van der Waals surface area contributed by atoms with Crippen molar-refractivity contribution >= 4 is 33.1 Å². The zero-order valence-electron chi connectivity index (χ0n) is 15.0. The third-order valence-corrected chi connectivity index (χ3v) is 5.15. The molecule has 0 radical (unpaired) electrons. The van der Waals surface area contributed by atoms with E-state index in [1.54, 1.807) is 19.2 Å². The number of carbonyl (C=O) groups is 1. The zero-order valence-corrected chi connectivity index (χ0v) is 15.8. The highest BCUT2D eigenvalue weighted by molar-refractivity contribution is 7.20. The largest absolute Gasteiger partial charge is 0.497 e. The van der Waals surface area contributed by atoms with E-state index in [1.165, 1.54) is 0 Å². The van der Waals surface area contributed by atoms with Crippen LogP contribution in [0, 0.1) is 4.91 Å². The zero-order chi connectivity index (χ0) is 21.2. The molecule has 0 aliphatic heterocycles. The number of fused-ring (bicyclic) bond motifs is 1. The van der Waals surface area contributed by atoms with Crippen molar-refractivity contribution in [2.75, 3.05) is 13.7 Å². The summed E-state index contributed by atoms with van der Waals surface area (Å²) in [5, 5.41) is 11.7. The Balaban J connectivity index is 1.77. The monoisotopic (exact) mass is 426 g/mol. The number of aromatic nitrogens is 1. The van der Waals surface area contributed by atoms with E-state index in [0.29, 0.717) is 18.2 Å². The summed E-state index contributed by atoms with van der Waals surface area (Å²) in [4.78, 5) is 26.8. The highest BCUT2D eigenvalue weighted by atomic mass is 32.1. The summed E-state index contributed by atoms with van der Waals surface area (Å²) in [6, 6.07) is 8.50. The van der Waals surface area contributed by atoms with Crippen molar-refractivity contribution in [3.05, 3.63) is 57.4 Å². The van der Waals surface area contributed by atoms with E-state index >= 15 is 0 Å². The van der Waals surface area contributed by atoms with Gasteiger partial charge in [0.15, 0.2) is 5.01 Å². The third kappa shape index (κ3) is 4.62. The molecule has 0 saturated heterocycles. The van der Waals surface area contributed by atoms with Gasteiger partial charge in [-0.05, 0) is 30.2 Å². The second kappa shape index (κ2) is 8.03. The first-order valence-corrected chi connectivity index (χ1v) is 9.09. The molecule has 7 nitrogen and oxygen atoms in total. The third-order valence-electron chi connectivity index (χ3n) is 4.06. The molecule has 2 aromatic carbocycles. The fourth-order valence-electron chi connectivity index (χ4n) is 2.61. The first kappa shape index (κ1) is 20.5. The van der Waals surface area contributed by atoms with Crippen LogP contribution < -0.4 is 10.1 Å². The predicted octanol–water partition coefficient (Wildman–Crippen LogP) is 4.10. The van der Waals surface area contributed by atoms with Crippen LogP contribution in [0.3, 0.4) is 0 Å². The summed E-state index contributed by atoms with van der Waals surface area (Å²) >= 11 is 0.722. The molecule has 1 heterocycles. The second-order valence-corrected chi connectivity index (χ2v) is 6.99. The number of ether oxygens (including phenoxy) is 1. The quantitative estimate of drug-likeness (QED) is 0.579. The number of halogens is 3. The molecule has 11 heteroatoms. The lowest BCUT2D eigenvalue weighted by Crippen LogP contribution is -2.25. The summed E-state index contributed by atoms with van der Waals surface area (Å²) in [5.74, 6) is 0.118. The number of nitrogens with zero attached hydrogens (tertiary/aromatic N) is 2. The number of benzene rings is 2. The molecule has 0 atom stereocenters. The number of hydrogen-bond acceptors (Lipinski definition) is 5. The molecule has 1 aromatic heterocycles. The van der Waals surface area contributed by atoms with E-state index in [1.807, 2.05) is 12.1 Å². The van der Waals surface area contributed by atoms with Crippen LogP contribution in [0.15, 0.2) is 36.4 Å². The van der Waals surface area contributed by atoms with Gasteiger partial charge in [-0.15, -0.1) is 11.3 Å². The van der Waals surface area contributed by atoms with Gasteiger partial charge < -0.3 is 10.1 Å². The van der Waals surface area contributed by atoms with Gasteiger partial charge in [-0.25, -0.2) is 10.2 Å². The average molecular weight is 426 g/mol. The summed E-state index contributed by atoms with van der Waals surface area (Å²) in [5.41, 5.74) is -1.01. The minimum atomic E-state index is -4.73. The first-order valence-electron chi connectivity index (χ1n) is 8.28. The molecule has 3 aromatic rings. The Hall–Kier alpha value is -3.21. The highest BCUT2D eigenvalue weighted by Gasteiger charge is 2.35. The van der Waals surface area contributed by atoms with Gasteiger partial charge >= 0.3 is 11.9 Å². The standard InChI is InChI=1S/C18H14F3N3O4S/c1-28-12-4-2-10(3-5-12)6-7-22-16(25)17-23-13-8-11(18(19,20)21)9-14(24(26)27)15(13)29-17/h2-5,8-9H,6-7H2,1H3,(H-,22,25,26,27)/p+1. The Bertz CT molecular complexity index is 1060. The number of rotatable bonds is 6. The van der Waals surface area contributed by atoms with Crippen molar-refractivity contribution in [3.63, 3.8) is 0 Å². The van der Waals surface area contributed by atoms with Crippen LogP contribution in [-0.4, -0.2) is 34.7 Å². The smallest absolute Gasteiger partial charge is 0.416 e. The summed E-state index contributed by atoms with van der Waals surface area (Å²) in [6.45, 7) is 0.273. The number of alkyl halides is 3. The van der Waals surface area contributed by atoms with Gasteiger partial charge in [0.05, 0.1) is 23.1 Å². The van der Waals surface area contributed by atoms with Crippen LogP contribution in [-0.2, 0) is 12.6 Å². The molecule has 0 bridgehead atoms. The van der Waals surface area contributed by atoms with Gasteiger partial charge in [0.2, 0.25) is 0 Å². The summed E-state index contributed by atoms with van der Waals surface area (Å²) < 4.78 is 44.0. The second-order valence-electron chi connectivity index (χ2n) is 5.99. The van der Waals surface area contributed by atoms with Crippen molar-refractivity contribution in [3.8, 4) is 5.75 Å². The predicted molar refractivity (Wildman–Crippen MR) is 98.7 cm³/mol. The fourth-order valence-corrected chi connectivity index (χ4v) is 3.56. The lowest BCUT2D eigenvalue weighted by Gasteiger charge is -2.05. The van der Waals surface area contributed by atoms with Crippen molar-refractivity contribution in [2.24, 2.45) is 0 Å². The van der Waals surface area contributed by atoms with E-state index in [-0.39, 0.29) is 21.8 Å². The molecular formula is C18H15F3N3O4S+. The van der Waals surface area contributed by atoms with Crippen LogP contribution in [0.25, 0.3) is 10.2 Å². The Morgan fingerprint density at radius 1 is 1.28 bits per heavy atom. The van der Waals surface area contributed by atoms with E-state index in [4.69, 9.17) is 9.94 Å². The number of carbonyl (C=O) groups excluding carboxylic acids is 1. The molecule has 2 N–H and O–H groups in total. The molecule has 0 unspecified atom stereocenters. The van der Waals surface area contributed by atoms with Gasteiger partial charge in [-0.3, -0.25) is 4.79 Å². The SMILES string of the molecule is COc1ccc(CCNC(=O)c2nc3cc(C(F)(F)F)cc([N+](=O)O)c3s2)cc1. The van der Waals surface area contributed by atoms with Crippen LogP contribution >= 0.6 is 11.3 Å². The van der Waals surface area contributed by atoms with Crippen molar-refractivity contribution in [1.29, 1.82) is 0 Å². The van der Waals surface area contributed by atoms with E-state index in [9.17, 15) is 22.9 Å². The summed E-state index contributed by atoms with van der Waals surface area (Å²) in [7, 11) is 1.55. The van der Waals surface area contributed by atoms with Crippen molar-refractivity contribution in [2.45, 2.75) is 12.6 Å². The van der Waals surface area contributed by atoms with Gasteiger partial charge in [0.1, 0.15) is 10.4 Å². The van der Waals surface area contributed by atoms with Gasteiger partial charge in [0, 0.05) is 12.6 Å². The maximum Gasteiger partial charge on any atom is 0.416 e. The maximum atomic E-state index is 13.0. The van der Waals surface area contributed by atoms with E-state index in [0.717, 1.165) is 23.0 Å². The lowest BCUT2D eigenvalue weighted by molar-refractivity contribution is -0.728. The number of thiazole rings is 1. The molecule has 0 fully saturated rings. The van der Waals surface area contributed by atoms with Crippen LogP contribution in [0.1, 0.15) is 20.9 Å². The van der Waals surface area contributed by atoms with Gasteiger partial charge in [0.25, 0.3) is 10.8 Å². The molecule has 29 heavy (non-hydrogen) atoms. The number of nitrogens with one attached hydrogen (secondary N) is 1. The molecular weight excluding hydrogens is 411 g/mol. The average Bonchev–Trinajstić information content (AvgIpc) is 3.11. The van der Waals surface area contributed by atoms with Crippen LogP contribution in [0.4, 0.5) is 18.9 Å².